The third-order valence-corrected chi connectivity index (χ3v) is 8.91. The largest absolute Gasteiger partial charge is 0.449 e. The lowest BCUT2D eigenvalue weighted by Gasteiger charge is -2.53. The summed E-state index contributed by atoms with van der Waals surface area (Å²) in [6.07, 6.45) is 15.3. The summed E-state index contributed by atoms with van der Waals surface area (Å²) in [7, 11) is 0. The number of nitriles is 1. The van der Waals surface area contributed by atoms with Crippen molar-refractivity contribution < 1.29 is 9.53 Å². The number of rotatable bonds is 6. The molecule has 1 aliphatic carbocycles. The molecule has 0 radical (unpaired) electrons. The number of aromatic nitrogens is 3. The van der Waals surface area contributed by atoms with Crippen molar-refractivity contribution in [3.63, 3.8) is 0 Å². The number of piperidine rings is 1. The van der Waals surface area contributed by atoms with E-state index in [1.54, 1.807) is 0 Å². The molecule has 6 rings (SSSR count). The quantitative estimate of drug-likeness (QED) is 0.653. The maximum absolute atomic E-state index is 12.6. The summed E-state index contributed by atoms with van der Waals surface area (Å²) < 4.78 is 7.70. The molecule has 1 amide bonds. The van der Waals surface area contributed by atoms with Crippen molar-refractivity contribution in [2.75, 3.05) is 39.3 Å². The van der Waals surface area contributed by atoms with E-state index in [1.807, 2.05) is 22.0 Å². The Bertz CT molecular complexity index is 1270. The van der Waals surface area contributed by atoms with Crippen molar-refractivity contribution in [3.05, 3.63) is 40.9 Å². The summed E-state index contributed by atoms with van der Waals surface area (Å²) in [6.45, 7) is 4.47. The van der Waals surface area contributed by atoms with Crippen LogP contribution in [0.15, 0.2) is 29.6 Å². The maximum atomic E-state index is 12.6. The number of ether oxygens (including phenoxy) is 1. The minimum absolute atomic E-state index is 0.144. The van der Waals surface area contributed by atoms with Gasteiger partial charge < -0.3 is 14.6 Å². The van der Waals surface area contributed by atoms with Crippen LogP contribution in [-0.4, -0.2) is 76.0 Å². The van der Waals surface area contributed by atoms with E-state index in [2.05, 4.69) is 33.2 Å². The highest BCUT2D eigenvalue weighted by atomic mass is 16.6. The molecule has 0 atom stereocenters. The number of amides is 1. The zero-order chi connectivity index (χ0) is 25.2. The predicted octanol–water partition coefficient (Wildman–Crippen LogP) is 2.54. The molecule has 1 saturated carbocycles. The first-order chi connectivity index (χ1) is 18.1. The molecule has 0 aromatic carbocycles. The zero-order valence-corrected chi connectivity index (χ0v) is 21.6. The normalized spacial score (nSPS) is 22.6. The molecule has 3 aliphatic heterocycles. The Morgan fingerprint density at radius 2 is 2.00 bits per heavy atom. The van der Waals surface area contributed by atoms with Crippen LogP contribution in [0.2, 0.25) is 0 Å². The van der Waals surface area contributed by atoms with Crippen LogP contribution in [0.5, 0.6) is 0 Å². The van der Waals surface area contributed by atoms with Crippen LogP contribution < -0.4 is 10.7 Å². The van der Waals surface area contributed by atoms with Gasteiger partial charge in [0.15, 0.2) is 0 Å². The Kier molecular flexibility index (Phi) is 6.76. The van der Waals surface area contributed by atoms with Gasteiger partial charge in [0.2, 0.25) is 0 Å². The molecule has 9 heteroatoms. The molecule has 0 bridgehead atoms. The first-order valence-electron chi connectivity index (χ1n) is 13.9. The van der Waals surface area contributed by atoms with Gasteiger partial charge in [-0.1, -0.05) is 19.3 Å². The lowest BCUT2D eigenvalue weighted by atomic mass is 9.84. The van der Waals surface area contributed by atoms with Crippen LogP contribution in [-0.2, 0) is 10.3 Å². The molecule has 0 spiro atoms. The molecule has 37 heavy (non-hydrogen) atoms. The second-order valence-electron chi connectivity index (χ2n) is 11.3. The molecule has 2 aromatic heterocycles. The molecular formula is C28H37N7O2. The van der Waals surface area contributed by atoms with Gasteiger partial charge in [-0.3, -0.25) is 14.6 Å². The third-order valence-electron chi connectivity index (χ3n) is 8.91. The third kappa shape index (κ3) is 4.79. The average molecular weight is 504 g/mol. The minimum Gasteiger partial charge on any atom is -0.449 e. The average Bonchev–Trinajstić information content (AvgIpc) is 3.60. The van der Waals surface area contributed by atoms with Gasteiger partial charge >= 0.3 is 6.09 Å². The Labute approximate surface area is 217 Å². The van der Waals surface area contributed by atoms with E-state index in [-0.39, 0.29) is 11.6 Å². The lowest BCUT2D eigenvalue weighted by molar-refractivity contribution is -0.0428. The molecule has 0 unspecified atom stereocenters. The number of hydrogen-bond acceptors (Lipinski definition) is 6. The highest BCUT2D eigenvalue weighted by Gasteiger charge is 2.48. The van der Waals surface area contributed by atoms with Crippen molar-refractivity contribution >= 4 is 11.7 Å². The van der Waals surface area contributed by atoms with Crippen LogP contribution in [0, 0.1) is 17.2 Å². The first-order valence-corrected chi connectivity index (χ1v) is 13.9. The van der Waals surface area contributed by atoms with Gasteiger partial charge in [-0.15, -0.1) is 0 Å². The topological polar surface area (TPSA) is 103 Å². The summed E-state index contributed by atoms with van der Waals surface area (Å²) in [4.78, 5) is 24.7. The number of carbonyl (C=O) groups is 1. The molecule has 196 valence electrons. The number of fused-ring (bicyclic) bond motifs is 1. The van der Waals surface area contributed by atoms with E-state index in [0.29, 0.717) is 25.0 Å². The Morgan fingerprint density at radius 1 is 1.19 bits per heavy atom. The fourth-order valence-corrected chi connectivity index (χ4v) is 6.69. The second kappa shape index (κ2) is 10.3. The van der Waals surface area contributed by atoms with E-state index in [9.17, 15) is 10.1 Å². The number of hydrogen-bond donors (Lipinski definition) is 1. The van der Waals surface area contributed by atoms with Gasteiger partial charge in [-0.2, -0.15) is 10.4 Å². The van der Waals surface area contributed by atoms with Gasteiger partial charge in [-0.05, 0) is 49.7 Å². The number of H-pyrrole nitrogens is 1. The van der Waals surface area contributed by atoms with Gasteiger partial charge in [0, 0.05) is 61.9 Å². The highest BCUT2D eigenvalue weighted by molar-refractivity contribution is 5.67. The van der Waals surface area contributed by atoms with Crippen LogP contribution >= 0.6 is 0 Å². The second-order valence-corrected chi connectivity index (χ2v) is 11.3. The standard InChI is InChI=1S/C28H37N7O2/c29-11-10-28(35-17-22(16-32-35)24-6-12-30-26-25(24)7-13-31-26)19-34(20-28)23-8-14-33(15-9-23)27(36)37-18-21-4-2-1-3-5-21/h7,13,16-17,21,23H,1-6,8-10,12,14-15,18-20H2,(H,30,31). The summed E-state index contributed by atoms with van der Waals surface area (Å²) in [5.74, 6) is 0.545. The van der Waals surface area contributed by atoms with Gasteiger partial charge in [0.1, 0.15) is 11.0 Å². The summed E-state index contributed by atoms with van der Waals surface area (Å²) >= 11 is 0. The molecule has 4 aliphatic rings. The lowest BCUT2D eigenvalue weighted by Crippen LogP contribution is -2.66. The van der Waals surface area contributed by atoms with Crippen LogP contribution in [0.4, 0.5) is 4.79 Å². The molecule has 5 heterocycles. The van der Waals surface area contributed by atoms with E-state index in [0.717, 1.165) is 68.3 Å². The molecule has 9 nitrogen and oxygen atoms in total. The monoisotopic (exact) mass is 503 g/mol. The smallest absolute Gasteiger partial charge is 0.409 e. The minimum atomic E-state index is -0.288. The Morgan fingerprint density at radius 3 is 2.78 bits per heavy atom. The number of nitrogens with one attached hydrogen (secondary N) is 1. The number of carbonyl (C=O) groups excluding carboxylic acids is 1. The van der Waals surface area contributed by atoms with Gasteiger partial charge in [-0.25, -0.2) is 4.79 Å². The van der Waals surface area contributed by atoms with Crippen molar-refractivity contribution in [1.29, 1.82) is 5.26 Å². The molecular weight excluding hydrogens is 466 g/mol. The molecule has 2 saturated heterocycles. The maximum Gasteiger partial charge on any atom is 0.409 e. The Balaban J connectivity index is 1.05. The van der Waals surface area contributed by atoms with E-state index in [1.165, 1.54) is 37.7 Å². The van der Waals surface area contributed by atoms with Gasteiger partial charge in [0.05, 0.1) is 25.3 Å². The highest BCUT2D eigenvalue weighted by Crippen LogP contribution is 2.36. The molecule has 2 aromatic rings. The van der Waals surface area contributed by atoms with Gasteiger partial charge in [0.25, 0.3) is 0 Å². The number of nitrogens with zero attached hydrogens (tertiary/aromatic N) is 6. The summed E-state index contributed by atoms with van der Waals surface area (Å²) in [5.41, 5.74) is 3.04. The molecule has 3 fully saturated rings. The zero-order valence-electron chi connectivity index (χ0n) is 21.6. The van der Waals surface area contributed by atoms with E-state index in [4.69, 9.17) is 9.84 Å². The fourth-order valence-electron chi connectivity index (χ4n) is 6.69. The van der Waals surface area contributed by atoms with Crippen LogP contribution in [0.25, 0.3) is 5.57 Å². The van der Waals surface area contributed by atoms with Crippen molar-refractivity contribution in [2.45, 2.75) is 69.4 Å². The summed E-state index contributed by atoms with van der Waals surface area (Å²) in [5, 5.41) is 15.5. The van der Waals surface area contributed by atoms with E-state index < -0.39 is 0 Å². The van der Waals surface area contributed by atoms with Crippen LogP contribution in [0.1, 0.15) is 63.4 Å². The van der Waals surface area contributed by atoms with Crippen molar-refractivity contribution in [3.8, 4) is 6.07 Å². The summed E-state index contributed by atoms with van der Waals surface area (Å²) in [6, 6.07) is 4.93. The number of aromatic amines is 1. The van der Waals surface area contributed by atoms with Crippen molar-refractivity contribution in [1.82, 2.24) is 24.6 Å². The predicted molar refractivity (Wildman–Crippen MR) is 138 cm³/mol. The van der Waals surface area contributed by atoms with Crippen LogP contribution in [0.3, 0.4) is 0 Å². The number of likely N-dealkylation sites (tertiary alicyclic amines) is 2. The SMILES string of the molecule is N#CCC1(n2cc(C3=c4cc[nH]c4=NCC3)cn2)CN(C2CCN(C(=O)OCC3CCCCC3)CC2)C1. The Hall–Kier alpha value is -3.12. The first kappa shape index (κ1) is 24.2. The molecule has 1 N–H and O–H groups in total. The van der Waals surface area contributed by atoms with E-state index >= 15 is 0 Å². The fraction of sp³-hybridized carbons (Fsp3) is 0.643. The van der Waals surface area contributed by atoms with Crippen molar-refractivity contribution in [2.24, 2.45) is 10.9 Å².